The van der Waals surface area contributed by atoms with Crippen LogP contribution in [0.2, 0.25) is 0 Å². The lowest BCUT2D eigenvalue weighted by atomic mass is 10.2. The van der Waals surface area contributed by atoms with Gasteiger partial charge in [-0.1, -0.05) is 12.1 Å². The molecule has 1 heterocycles. The van der Waals surface area contributed by atoms with Gasteiger partial charge in [-0.25, -0.2) is 8.42 Å². The number of carbonyl (C=O) groups is 2. The Balaban J connectivity index is 2.27. The number of rotatable bonds is 4. The average Bonchev–Trinajstić information content (AvgIpc) is 2.41. The number of hydrogen-bond donors (Lipinski definition) is 2. The van der Waals surface area contributed by atoms with Crippen molar-refractivity contribution < 1.29 is 23.1 Å². The summed E-state index contributed by atoms with van der Waals surface area (Å²) in [7, 11) is -3.76. The van der Waals surface area contributed by atoms with Gasteiger partial charge < -0.3 is 10.4 Å². The van der Waals surface area contributed by atoms with Gasteiger partial charge in [0.05, 0.1) is 11.3 Å². The predicted molar refractivity (Wildman–Crippen MR) is 74.1 cm³/mol. The molecule has 2 N–H and O–H groups in total. The second-order valence-corrected chi connectivity index (χ2v) is 6.69. The molecule has 114 valence electrons. The van der Waals surface area contributed by atoms with Crippen LogP contribution in [0.4, 0.5) is 0 Å². The van der Waals surface area contributed by atoms with Gasteiger partial charge in [0, 0.05) is 13.1 Å². The Morgan fingerprint density at radius 2 is 2.00 bits per heavy atom. The van der Waals surface area contributed by atoms with Gasteiger partial charge in [-0.2, -0.15) is 4.31 Å². The smallest absolute Gasteiger partial charge is 0.307 e. The summed E-state index contributed by atoms with van der Waals surface area (Å²) in [6.07, 6.45) is -0.164. The second kappa shape index (κ2) is 5.82. The second-order valence-electron chi connectivity index (χ2n) is 4.80. The zero-order valence-electron chi connectivity index (χ0n) is 11.4. The number of carboxylic acid groups (broad SMARTS) is 1. The first kappa shape index (κ1) is 15.5. The van der Waals surface area contributed by atoms with Gasteiger partial charge in [-0.3, -0.25) is 9.59 Å². The van der Waals surface area contributed by atoms with Crippen LogP contribution in [-0.2, 0) is 26.0 Å². The van der Waals surface area contributed by atoms with Gasteiger partial charge in [-0.05, 0) is 24.6 Å². The Morgan fingerprint density at radius 1 is 1.38 bits per heavy atom. The SMILES string of the molecule is CC1C(=O)NCCN1S(=O)(=O)c1ccc(CC(=O)O)cc1. The quantitative estimate of drug-likeness (QED) is 0.803. The van der Waals surface area contributed by atoms with E-state index >= 15 is 0 Å². The molecule has 1 aromatic rings. The normalized spacial score (nSPS) is 20.0. The van der Waals surface area contributed by atoms with E-state index < -0.39 is 22.0 Å². The Morgan fingerprint density at radius 3 is 2.57 bits per heavy atom. The van der Waals surface area contributed by atoms with Crippen LogP contribution in [-0.4, -0.2) is 48.8 Å². The van der Waals surface area contributed by atoms with Crippen molar-refractivity contribution in [2.75, 3.05) is 13.1 Å². The minimum absolute atomic E-state index is 0.0539. The van der Waals surface area contributed by atoms with E-state index in [1.54, 1.807) is 0 Å². The summed E-state index contributed by atoms with van der Waals surface area (Å²) in [5.41, 5.74) is 0.519. The molecule has 0 radical (unpaired) electrons. The fraction of sp³-hybridized carbons (Fsp3) is 0.385. The summed E-state index contributed by atoms with van der Waals surface area (Å²) < 4.78 is 26.2. The highest BCUT2D eigenvalue weighted by atomic mass is 32.2. The zero-order valence-corrected chi connectivity index (χ0v) is 12.3. The molecule has 0 aromatic heterocycles. The highest BCUT2D eigenvalue weighted by Gasteiger charge is 2.35. The minimum atomic E-state index is -3.76. The third-order valence-corrected chi connectivity index (χ3v) is 5.31. The third kappa shape index (κ3) is 3.22. The summed E-state index contributed by atoms with van der Waals surface area (Å²) in [4.78, 5) is 22.2. The number of aliphatic carboxylic acids is 1. The number of amides is 1. The molecular formula is C13H16N2O5S. The van der Waals surface area contributed by atoms with Crippen LogP contribution >= 0.6 is 0 Å². The Bertz CT molecular complexity index is 654. The molecular weight excluding hydrogens is 296 g/mol. The van der Waals surface area contributed by atoms with E-state index in [-0.39, 0.29) is 30.3 Å². The minimum Gasteiger partial charge on any atom is -0.481 e. The molecule has 7 nitrogen and oxygen atoms in total. The molecule has 2 rings (SSSR count). The van der Waals surface area contributed by atoms with Crippen LogP contribution in [0.15, 0.2) is 29.2 Å². The lowest BCUT2D eigenvalue weighted by Gasteiger charge is -2.31. The van der Waals surface area contributed by atoms with Gasteiger partial charge in [0.15, 0.2) is 0 Å². The van der Waals surface area contributed by atoms with Gasteiger partial charge >= 0.3 is 5.97 Å². The maximum Gasteiger partial charge on any atom is 0.307 e. The van der Waals surface area contributed by atoms with E-state index in [9.17, 15) is 18.0 Å². The first-order valence-corrected chi connectivity index (χ1v) is 7.86. The van der Waals surface area contributed by atoms with Crippen molar-refractivity contribution in [3.05, 3.63) is 29.8 Å². The number of carbonyl (C=O) groups excluding carboxylic acids is 1. The molecule has 0 aliphatic carbocycles. The van der Waals surface area contributed by atoms with Crippen LogP contribution in [0.5, 0.6) is 0 Å². The first-order chi connectivity index (χ1) is 9.82. The summed E-state index contributed by atoms with van der Waals surface area (Å²) >= 11 is 0. The maximum atomic E-state index is 12.5. The van der Waals surface area contributed by atoms with Crippen molar-refractivity contribution in [1.82, 2.24) is 9.62 Å². The molecule has 1 amide bonds. The maximum absolute atomic E-state index is 12.5. The molecule has 0 saturated carbocycles. The Kier molecular flexibility index (Phi) is 4.29. The van der Waals surface area contributed by atoms with E-state index in [4.69, 9.17) is 5.11 Å². The summed E-state index contributed by atoms with van der Waals surface area (Å²) in [6.45, 7) is 2.02. The highest BCUT2D eigenvalue weighted by Crippen LogP contribution is 2.20. The number of piperazine rings is 1. The van der Waals surface area contributed by atoms with Gasteiger partial charge in [0.2, 0.25) is 15.9 Å². The van der Waals surface area contributed by atoms with Crippen LogP contribution < -0.4 is 5.32 Å². The number of carboxylic acids is 1. The molecule has 1 atom stereocenters. The topological polar surface area (TPSA) is 104 Å². The van der Waals surface area contributed by atoms with Crippen LogP contribution in [0.25, 0.3) is 0 Å². The van der Waals surface area contributed by atoms with E-state index in [0.717, 1.165) is 4.31 Å². The van der Waals surface area contributed by atoms with E-state index in [2.05, 4.69) is 5.32 Å². The van der Waals surface area contributed by atoms with Crippen molar-refractivity contribution in [2.45, 2.75) is 24.3 Å². The molecule has 0 bridgehead atoms. The fourth-order valence-corrected chi connectivity index (χ4v) is 3.77. The third-order valence-electron chi connectivity index (χ3n) is 3.33. The predicted octanol–water partition coefficient (Wildman–Crippen LogP) is -0.177. The number of nitrogens with zero attached hydrogens (tertiary/aromatic N) is 1. The molecule has 1 aliphatic rings. The molecule has 21 heavy (non-hydrogen) atoms. The fourth-order valence-electron chi connectivity index (χ4n) is 2.18. The number of benzene rings is 1. The number of nitrogens with one attached hydrogen (secondary N) is 1. The van der Waals surface area contributed by atoms with Crippen molar-refractivity contribution in [1.29, 1.82) is 0 Å². The molecule has 1 aromatic carbocycles. The van der Waals surface area contributed by atoms with Gasteiger partial charge in [-0.15, -0.1) is 0 Å². The number of sulfonamides is 1. The summed E-state index contributed by atoms with van der Waals surface area (Å²) in [5.74, 6) is -1.31. The summed E-state index contributed by atoms with van der Waals surface area (Å²) in [5, 5.41) is 11.3. The zero-order chi connectivity index (χ0) is 15.6. The van der Waals surface area contributed by atoms with E-state index in [1.165, 1.54) is 31.2 Å². The monoisotopic (exact) mass is 312 g/mol. The molecule has 1 unspecified atom stereocenters. The van der Waals surface area contributed by atoms with Crippen molar-refractivity contribution >= 4 is 21.9 Å². The molecule has 1 fully saturated rings. The Hall–Kier alpha value is -1.93. The van der Waals surface area contributed by atoms with Crippen molar-refractivity contribution in [3.63, 3.8) is 0 Å². The standard InChI is InChI=1S/C13H16N2O5S/c1-9-13(18)14-6-7-15(9)21(19,20)11-4-2-10(3-5-11)8-12(16)17/h2-5,9H,6-8H2,1H3,(H,14,18)(H,16,17). The van der Waals surface area contributed by atoms with E-state index in [1.807, 2.05) is 0 Å². The van der Waals surface area contributed by atoms with Crippen molar-refractivity contribution in [3.8, 4) is 0 Å². The van der Waals surface area contributed by atoms with Gasteiger partial charge in [0.25, 0.3) is 0 Å². The molecule has 1 aliphatic heterocycles. The lowest BCUT2D eigenvalue weighted by molar-refractivity contribution is -0.136. The van der Waals surface area contributed by atoms with Crippen LogP contribution in [0, 0.1) is 0 Å². The average molecular weight is 312 g/mol. The van der Waals surface area contributed by atoms with Crippen LogP contribution in [0.1, 0.15) is 12.5 Å². The lowest BCUT2D eigenvalue weighted by Crippen LogP contribution is -2.55. The largest absolute Gasteiger partial charge is 0.481 e. The highest BCUT2D eigenvalue weighted by molar-refractivity contribution is 7.89. The first-order valence-electron chi connectivity index (χ1n) is 6.42. The summed E-state index contributed by atoms with van der Waals surface area (Å²) in [6, 6.07) is 4.91. The van der Waals surface area contributed by atoms with Crippen molar-refractivity contribution in [2.24, 2.45) is 0 Å². The number of hydrogen-bond acceptors (Lipinski definition) is 4. The molecule has 0 spiro atoms. The van der Waals surface area contributed by atoms with Gasteiger partial charge in [0.1, 0.15) is 6.04 Å². The van der Waals surface area contributed by atoms with E-state index in [0.29, 0.717) is 5.56 Å². The molecule has 1 saturated heterocycles. The Labute approximate surface area is 122 Å². The van der Waals surface area contributed by atoms with Crippen LogP contribution in [0.3, 0.4) is 0 Å². The molecule has 8 heteroatoms.